The second-order valence-corrected chi connectivity index (χ2v) is 4.62. The van der Waals surface area contributed by atoms with Gasteiger partial charge in [0.2, 0.25) is 0 Å². The van der Waals surface area contributed by atoms with Gasteiger partial charge in [0.05, 0.1) is 16.9 Å². The van der Waals surface area contributed by atoms with E-state index in [1.807, 2.05) is 6.07 Å². The molecule has 0 spiro atoms. The second kappa shape index (κ2) is 4.68. The van der Waals surface area contributed by atoms with E-state index in [9.17, 15) is 0 Å². The molecular formula is C11H12N2S2. The van der Waals surface area contributed by atoms with Gasteiger partial charge in [-0.3, -0.25) is 0 Å². The molecular weight excluding hydrogens is 224 g/mol. The Bertz CT molecular complexity index is 486. The van der Waals surface area contributed by atoms with Crippen molar-refractivity contribution in [2.75, 3.05) is 0 Å². The fraction of sp³-hybridized carbons (Fsp3) is 0.273. The number of rotatable bonds is 3. The van der Waals surface area contributed by atoms with Crippen LogP contribution in [0.2, 0.25) is 0 Å². The van der Waals surface area contributed by atoms with Crippen LogP contribution < -0.4 is 0 Å². The van der Waals surface area contributed by atoms with Crippen LogP contribution in [0.5, 0.6) is 0 Å². The quantitative estimate of drug-likeness (QED) is 0.821. The van der Waals surface area contributed by atoms with Gasteiger partial charge in [-0.05, 0) is 17.9 Å². The van der Waals surface area contributed by atoms with Gasteiger partial charge in [-0.15, -0.1) is 11.3 Å². The van der Waals surface area contributed by atoms with Crippen LogP contribution in [0.4, 0.5) is 0 Å². The normalized spacial score (nSPS) is 10.5. The summed E-state index contributed by atoms with van der Waals surface area (Å²) in [5.74, 6) is 0. The molecule has 0 fully saturated rings. The largest absolute Gasteiger partial charge is 0.345 e. The van der Waals surface area contributed by atoms with Gasteiger partial charge in [-0.2, -0.15) is 0 Å². The molecule has 2 rings (SSSR count). The highest BCUT2D eigenvalue weighted by Crippen LogP contribution is 2.26. The molecule has 0 unspecified atom stereocenters. The lowest BCUT2D eigenvalue weighted by atomic mass is 10.1. The molecule has 2 nitrogen and oxygen atoms in total. The van der Waals surface area contributed by atoms with Crippen LogP contribution in [0.3, 0.4) is 0 Å². The SMILES string of the molecule is CCCc1c(-c2cccs2)[nH]cnc1=S. The van der Waals surface area contributed by atoms with Gasteiger partial charge in [0.15, 0.2) is 0 Å². The third kappa shape index (κ3) is 2.16. The van der Waals surface area contributed by atoms with Crippen molar-refractivity contribution in [2.45, 2.75) is 19.8 Å². The molecule has 0 atom stereocenters. The minimum absolute atomic E-state index is 0.721. The molecule has 2 aromatic heterocycles. The minimum atomic E-state index is 0.721. The molecule has 15 heavy (non-hydrogen) atoms. The van der Waals surface area contributed by atoms with Crippen molar-refractivity contribution < 1.29 is 0 Å². The zero-order chi connectivity index (χ0) is 10.7. The summed E-state index contributed by atoms with van der Waals surface area (Å²) in [6, 6.07) is 4.15. The Morgan fingerprint density at radius 2 is 2.40 bits per heavy atom. The standard InChI is InChI=1S/C11H12N2S2/c1-2-4-8-10(9-5-3-6-15-9)12-7-13-11(8)14/h3,5-7H,2,4H2,1H3,(H,12,13,14). The van der Waals surface area contributed by atoms with Crippen molar-refractivity contribution in [1.29, 1.82) is 0 Å². The second-order valence-electron chi connectivity index (χ2n) is 3.29. The molecule has 0 aliphatic carbocycles. The van der Waals surface area contributed by atoms with Crippen LogP contribution in [-0.4, -0.2) is 9.97 Å². The smallest absolute Gasteiger partial charge is 0.133 e. The van der Waals surface area contributed by atoms with Gasteiger partial charge in [-0.1, -0.05) is 31.6 Å². The number of hydrogen-bond donors (Lipinski definition) is 1. The van der Waals surface area contributed by atoms with E-state index in [-0.39, 0.29) is 0 Å². The molecule has 0 saturated carbocycles. The monoisotopic (exact) mass is 236 g/mol. The lowest BCUT2D eigenvalue weighted by molar-refractivity contribution is 0.899. The van der Waals surface area contributed by atoms with E-state index in [0.29, 0.717) is 0 Å². The Morgan fingerprint density at radius 1 is 1.53 bits per heavy atom. The van der Waals surface area contributed by atoms with Gasteiger partial charge in [-0.25, -0.2) is 4.98 Å². The lowest BCUT2D eigenvalue weighted by Gasteiger charge is -2.05. The fourth-order valence-electron chi connectivity index (χ4n) is 1.55. The van der Waals surface area contributed by atoms with E-state index in [1.54, 1.807) is 17.7 Å². The number of hydrogen-bond acceptors (Lipinski definition) is 3. The first kappa shape index (κ1) is 10.5. The van der Waals surface area contributed by atoms with Gasteiger partial charge < -0.3 is 4.98 Å². The van der Waals surface area contributed by atoms with Crippen molar-refractivity contribution in [1.82, 2.24) is 9.97 Å². The number of thiophene rings is 1. The van der Waals surface area contributed by atoms with E-state index >= 15 is 0 Å². The molecule has 0 radical (unpaired) electrons. The maximum Gasteiger partial charge on any atom is 0.133 e. The predicted octanol–water partition coefficient (Wildman–Crippen LogP) is 3.82. The molecule has 0 aromatic carbocycles. The Morgan fingerprint density at radius 3 is 3.07 bits per heavy atom. The zero-order valence-corrected chi connectivity index (χ0v) is 10.1. The number of nitrogens with zero attached hydrogens (tertiary/aromatic N) is 1. The summed E-state index contributed by atoms with van der Waals surface area (Å²) in [6.45, 7) is 2.15. The summed E-state index contributed by atoms with van der Waals surface area (Å²) in [4.78, 5) is 8.56. The lowest BCUT2D eigenvalue weighted by Crippen LogP contribution is -1.95. The Kier molecular flexibility index (Phi) is 3.28. The van der Waals surface area contributed by atoms with Gasteiger partial charge >= 0.3 is 0 Å². The van der Waals surface area contributed by atoms with Crippen LogP contribution in [-0.2, 0) is 6.42 Å². The molecule has 2 heterocycles. The molecule has 1 N–H and O–H groups in total. The van der Waals surface area contributed by atoms with E-state index in [2.05, 4.69) is 28.3 Å². The maximum atomic E-state index is 5.25. The van der Waals surface area contributed by atoms with E-state index in [1.165, 1.54) is 4.88 Å². The van der Waals surface area contributed by atoms with Gasteiger partial charge in [0.25, 0.3) is 0 Å². The van der Waals surface area contributed by atoms with Gasteiger partial charge in [0.1, 0.15) is 4.64 Å². The molecule has 0 bridgehead atoms. The third-order valence-corrected chi connectivity index (χ3v) is 3.46. The topological polar surface area (TPSA) is 28.7 Å². The highest BCUT2D eigenvalue weighted by molar-refractivity contribution is 7.71. The average Bonchev–Trinajstić information content (AvgIpc) is 2.74. The van der Waals surface area contributed by atoms with Crippen LogP contribution in [0.15, 0.2) is 23.8 Å². The van der Waals surface area contributed by atoms with E-state index < -0.39 is 0 Å². The highest BCUT2D eigenvalue weighted by Gasteiger charge is 2.07. The summed E-state index contributed by atoms with van der Waals surface area (Å²) in [5.41, 5.74) is 2.30. The van der Waals surface area contributed by atoms with Gasteiger partial charge in [0, 0.05) is 5.56 Å². The summed E-state index contributed by atoms with van der Waals surface area (Å²) >= 11 is 6.97. The number of aromatic nitrogens is 2. The van der Waals surface area contributed by atoms with Crippen molar-refractivity contribution in [3.63, 3.8) is 0 Å². The van der Waals surface area contributed by atoms with E-state index in [0.717, 1.165) is 28.7 Å². The Balaban J connectivity index is 2.56. The molecule has 0 aliphatic rings. The molecule has 2 aromatic rings. The fourth-order valence-corrected chi connectivity index (χ4v) is 2.57. The highest BCUT2D eigenvalue weighted by atomic mass is 32.1. The van der Waals surface area contributed by atoms with Crippen molar-refractivity contribution in [2.24, 2.45) is 0 Å². The molecule has 0 saturated heterocycles. The molecule has 0 aliphatic heterocycles. The van der Waals surface area contributed by atoms with Crippen molar-refractivity contribution in [3.8, 4) is 10.6 Å². The first-order chi connectivity index (χ1) is 7.33. The first-order valence-electron chi connectivity index (χ1n) is 4.93. The van der Waals surface area contributed by atoms with Crippen molar-refractivity contribution >= 4 is 23.6 Å². The van der Waals surface area contributed by atoms with Crippen LogP contribution in [0, 0.1) is 4.64 Å². The zero-order valence-electron chi connectivity index (χ0n) is 8.49. The summed E-state index contributed by atoms with van der Waals surface area (Å²) in [7, 11) is 0. The molecule has 4 heteroatoms. The third-order valence-electron chi connectivity index (χ3n) is 2.22. The number of nitrogens with one attached hydrogen (secondary N) is 1. The Labute approximate surface area is 98.0 Å². The summed E-state index contributed by atoms with van der Waals surface area (Å²) in [6.07, 6.45) is 3.74. The van der Waals surface area contributed by atoms with E-state index in [4.69, 9.17) is 12.2 Å². The summed E-state index contributed by atoms with van der Waals surface area (Å²) in [5, 5.41) is 2.07. The number of aromatic amines is 1. The molecule has 78 valence electrons. The maximum absolute atomic E-state index is 5.25. The van der Waals surface area contributed by atoms with Crippen LogP contribution >= 0.6 is 23.6 Å². The van der Waals surface area contributed by atoms with Crippen molar-refractivity contribution in [3.05, 3.63) is 34.0 Å². The number of H-pyrrole nitrogens is 1. The van der Waals surface area contributed by atoms with Crippen LogP contribution in [0.25, 0.3) is 10.6 Å². The summed E-state index contributed by atoms with van der Waals surface area (Å²) < 4.78 is 0.721. The predicted molar refractivity (Wildman–Crippen MR) is 66.7 cm³/mol. The first-order valence-corrected chi connectivity index (χ1v) is 6.22. The molecule has 0 amide bonds. The average molecular weight is 236 g/mol. The Hall–Kier alpha value is -1.00. The van der Waals surface area contributed by atoms with Crippen LogP contribution in [0.1, 0.15) is 18.9 Å². The minimum Gasteiger partial charge on any atom is -0.345 e.